The van der Waals surface area contributed by atoms with Crippen LogP contribution in [0.3, 0.4) is 0 Å². The van der Waals surface area contributed by atoms with Crippen LogP contribution in [-0.2, 0) is 16.6 Å². The molecular weight excluding hydrogens is 336 g/mol. The molecule has 0 unspecified atom stereocenters. The molecular formula is C15H19ClN4O2S. The van der Waals surface area contributed by atoms with E-state index >= 15 is 0 Å². The first-order chi connectivity index (χ1) is 11.1. The SMILES string of the molecule is O=S(=O)(c1ccc(Cl)cc1)N1CCN(CCn2cccn2)CC1. The van der Waals surface area contributed by atoms with Crippen molar-refractivity contribution in [1.29, 1.82) is 0 Å². The van der Waals surface area contributed by atoms with Crippen molar-refractivity contribution in [2.45, 2.75) is 11.4 Å². The smallest absolute Gasteiger partial charge is 0.243 e. The number of rotatable bonds is 5. The molecule has 0 N–H and O–H groups in total. The molecule has 1 fully saturated rings. The number of halogens is 1. The highest BCUT2D eigenvalue weighted by Crippen LogP contribution is 2.19. The van der Waals surface area contributed by atoms with Crippen LogP contribution in [0, 0.1) is 0 Å². The molecule has 124 valence electrons. The van der Waals surface area contributed by atoms with Gasteiger partial charge >= 0.3 is 0 Å². The lowest BCUT2D eigenvalue weighted by Gasteiger charge is -2.33. The van der Waals surface area contributed by atoms with Gasteiger partial charge in [-0.05, 0) is 30.3 Å². The van der Waals surface area contributed by atoms with Crippen LogP contribution in [-0.4, -0.2) is 60.1 Å². The average molecular weight is 355 g/mol. The summed E-state index contributed by atoms with van der Waals surface area (Å²) in [5, 5.41) is 4.71. The van der Waals surface area contributed by atoms with E-state index < -0.39 is 10.0 Å². The van der Waals surface area contributed by atoms with Gasteiger partial charge < -0.3 is 0 Å². The summed E-state index contributed by atoms with van der Waals surface area (Å²) in [7, 11) is -3.43. The van der Waals surface area contributed by atoms with Crippen LogP contribution >= 0.6 is 11.6 Å². The molecule has 2 aromatic rings. The van der Waals surface area contributed by atoms with Gasteiger partial charge in [-0.2, -0.15) is 9.40 Å². The minimum absolute atomic E-state index is 0.298. The molecule has 8 heteroatoms. The van der Waals surface area contributed by atoms with E-state index in [1.54, 1.807) is 34.8 Å². The molecule has 1 aliphatic rings. The first-order valence-electron chi connectivity index (χ1n) is 7.51. The van der Waals surface area contributed by atoms with Crippen molar-refractivity contribution in [2.24, 2.45) is 0 Å². The third kappa shape index (κ3) is 3.92. The Labute approximate surface area is 141 Å². The monoisotopic (exact) mass is 354 g/mol. The zero-order valence-corrected chi connectivity index (χ0v) is 14.2. The summed E-state index contributed by atoms with van der Waals surface area (Å²) >= 11 is 5.82. The molecule has 0 saturated carbocycles. The number of nitrogens with zero attached hydrogens (tertiary/aromatic N) is 4. The van der Waals surface area contributed by atoms with E-state index in [0.29, 0.717) is 23.0 Å². The van der Waals surface area contributed by atoms with Crippen LogP contribution in [0.5, 0.6) is 0 Å². The normalized spacial score (nSPS) is 17.4. The van der Waals surface area contributed by atoms with Crippen molar-refractivity contribution in [3.8, 4) is 0 Å². The molecule has 23 heavy (non-hydrogen) atoms. The first kappa shape index (κ1) is 16.4. The van der Waals surface area contributed by atoms with Crippen molar-refractivity contribution < 1.29 is 8.42 Å². The van der Waals surface area contributed by atoms with E-state index in [1.807, 2.05) is 16.9 Å². The van der Waals surface area contributed by atoms with Gasteiger partial charge in [0.1, 0.15) is 0 Å². The second-order valence-electron chi connectivity index (χ2n) is 5.47. The lowest BCUT2D eigenvalue weighted by atomic mass is 10.3. The fourth-order valence-electron chi connectivity index (χ4n) is 2.63. The Morgan fingerprint density at radius 3 is 2.35 bits per heavy atom. The van der Waals surface area contributed by atoms with Gasteiger partial charge in [0.15, 0.2) is 0 Å². The fourth-order valence-corrected chi connectivity index (χ4v) is 4.17. The van der Waals surface area contributed by atoms with Crippen LogP contribution in [0.25, 0.3) is 0 Å². The van der Waals surface area contributed by atoms with Crippen molar-refractivity contribution in [1.82, 2.24) is 19.0 Å². The minimum atomic E-state index is -3.43. The van der Waals surface area contributed by atoms with Crippen molar-refractivity contribution in [2.75, 3.05) is 32.7 Å². The van der Waals surface area contributed by atoms with E-state index in [4.69, 9.17) is 11.6 Å². The Hall–Kier alpha value is -1.41. The maximum atomic E-state index is 12.6. The molecule has 0 aliphatic carbocycles. The molecule has 0 bridgehead atoms. The van der Waals surface area contributed by atoms with E-state index in [2.05, 4.69) is 10.00 Å². The Morgan fingerprint density at radius 1 is 1.04 bits per heavy atom. The maximum Gasteiger partial charge on any atom is 0.243 e. The van der Waals surface area contributed by atoms with Gasteiger partial charge in [0.05, 0.1) is 11.4 Å². The van der Waals surface area contributed by atoms with Gasteiger partial charge in [-0.25, -0.2) is 8.42 Å². The second kappa shape index (κ2) is 7.00. The Balaban J connectivity index is 1.56. The second-order valence-corrected chi connectivity index (χ2v) is 7.84. The van der Waals surface area contributed by atoms with Crippen LogP contribution in [0.4, 0.5) is 0 Å². The molecule has 6 nitrogen and oxygen atoms in total. The van der Waals surface area contributed by atoms with Gasteiger partial charge in [-0.3, -0.25) is 9.58 Å². The highest BCUT2D eigenvalue weighted by molar-refractivity contribution is 7.89. The molecule has 1 aromatic heterocycles. The van der Waals surface area contributed by atoms with E-state index in [-0.39, 0.29) is 0 Å². The van der Waals surface area contributed by atoms with Gasteiger partial charge in [0.25, 0.3) is 0 Å². The van der Waals surface area contributed by atoms with Gasteiger partial charge in [-0.1, -0.05) is 11.6 Å². The quantitative estimate of drug-likeness (QED) is 0.817. The predicted molar refractivity (Wildman–Crippen MR) is 88.9 cm³/mol. The summed E-state index contributed by atoms with van der Waals surface area (Å²) in [5.74, 6) is 0. The zero-order chi connectivity index (χ0) is 16.3. The molecule has 0 spiro atoms. The third-order valence-corrected chi connectivity index (χ3v) is 6.15. The molecule has 0 radical (unpaired) electrons. The zero-order valence-electron chi connectivity index (χ0n) is 12.7. The average Bonchev–Trinajstić information content (AvgIpc) is 3.07. The molecule has 1 aromatic carbocycles. The number of hydrogen-bond acceptors (Lipinski definition) is 4. The van der Waals surface area contributed by atoms with Gasteiger partial charge in [-0.15, -0.1) is 0 Å². The number of hydrogen-bond donors (Lipinski definition) is 0. The number of sulfonamides is 1. The molecule has 0 atom stereocenters. The first-order valence-corrected chi connectivity index (χ1v) is 9.33. The van der Waals surface area contributed by atoms with Crippen molar-refractivity contribution in [3.63, 3.8) is 0 Å². The van der Waals surface area contributed by atoms with E-state index in [1.165, 1.54) is 0 Å². The van der Waals surface area contributed by atoms with Crippen molar-refractivity contribution >= 4 is 21.6 Å². The Morgan fingerprint density at radius 2 is 1.74 bits per heavy atom. The Kier molecular flexibility index (Phi) is 5.01. The summed E-state index contributed by atoms with van der Waals surface area (Å²) in [4.78, 5) is 2.56. The molecule has 1 aliphatic heterocycles. The lowest BCUT2D eigenvalue weighted by molar-refractivity contribution is 0.181. The summed E-state index contributed by atoms with van der Waals surface area (Å²) < 4.78 is 28.6. The highest BCUT2D eigenvalue weighted by Gasteiger charge is 2.28. The lowest BCUT2D eigenvalue weighted by Crippen LogP contribution is -2.49. The topological polar surface area (TPSA) is 58.4 Å². The summed E-state index contributed by atoms with van der Waals surface area (Å²) in [6.07, 6.45) is 3.69. The maximum absolute atomic E-state index is 12.6. The van der Waals surface area contributed by atoms with Crippen LogP contribution in [0.15, 0.2) is 47.6 Å². The van der Waals surface area contributed by atoms with Crippen LogP contribution < -0.4 is 0 Å². The predicted octanol–water partition coefficient (Wildman–Crippen LogP) is 1.54. The van der Waals surface area contributed by atoms with Crippen LogP contribution in [0.2, 0.25) is 5.02 Å². The third-order valence-electron chi connectivity index (χ3n) is 3.99. The molecule has 1 saturated heterocycles. The number of piperazine rings is 1. The summed E-state index contributed by atoms with van der Waals surface area (Å²) in [6.45, 7) is 4.16. The fraction of sp³-hybridized carbons (Fsp3) is 0.400. The largest absolute Gasteiger partial charge is 0.299 e. The highest BCUT2D eigenvalue weighted by atomic mass is 35.5. The molecule has 0 amide bonds. The minimum Gasteiger partial charge on any atom is -0.299 e. The number of aromatic nitrogens is 2. The summed E-state index contributed by atoms with van der Waals surface area (Å²) in [5.41, 5.74) is 0. The standard InChI is InChI=1S/C15H19ClN4O2S/c16-14-2-4-15(5-3-14)23(21,22)20-12-9-18(10-13-20)8-11-19-7-1-6-17-19/h1-7H,8-13H2. The Bertz CT molecular complexity index is 723. The summed E-state index contributed by atoms with van der Waals surface area (Å²) in [6, 6.07) is 8.23. The van der Waals surface area contributed by atoms with Crippen LogP contribution in [0.1, 0.15) is 0 Å². The van der Waals surface area contributed by atoms with E-state index in [0.717, 1.165) is 26.2 Å². The molecule has 2 heterocycles. The van der Waals surface area contributed by atoms with Gasteiger partial charge in [0, 0.05) is 50.1 Å². The van der Waals surface area contributed by atoms with Gasteiger partial charge in [0.2, 0.25) is 10.0 Å². The number of benzene rings is 1. The van der Waals surface area contributed by atoms with E-state index in [9.17, 15) is 8.42 Å². The molecule has 3 rings (SSSR count). The van der Waals surface area contributed by atoms with Crippen molar-refractivity contribution in [3.05, 3.63) is 47.7 Å².